The number of hydrogen-bond donors (Lipinski definition) is 3. The third-order valence-electron chi connectivity index (χ3n) is 6.57. The summed E-state index contributed by atoms with van der Waals surface area (Å²) in [6.45, 7) is 0.390. The Morgan fingerprint density at radius 3 is 2.37 bits per heavy atom. The second-order valence-electron chi connectivity index (χ2n) is 8.85. The van der Waals surface area contributed by atoms with E-state index in [0.717, 1.165) is 40.0 Å². The number of fused-ring (bicyclic) bond motifs is 4. The van der Waals surface area contributed by atoms with E-state index in [4.69, 9.17) is 4.74 Å². The zero-order valence-electron chi connectivity index (χ0n) is 19.1. The molecule has 1 unspecified atom stereocenters. The zero-order valence-corrected chi connectivity index (χ0v) is 19.9. The molecule has 3 aromatic rings. The lowest BCUT2D eigenvalue weighted by Crippen LogP contribution is -2.47. The molecule has 2 aromatic carbocycles. The fourth-order valence-electron chi connectivity index (χ4n) is 4.94. The standard InChI is InChI=1S/C27H26N2O5S/c30-25(31)13-23(26(32)28-14-17-12-16-6-5-11-24(16)35-17)29-27(33)34-15-22-20-9-3-1-7-18(20)19-8-2-4-10-21(19)22/h1-4,7-10,12,22-23H,5-6,11,13-15H2,(H,28,32)(H,29,33)(H,30,31). The summed E-state index contributed by atoms with van der Waals surface area (Å²) in [5, 5.41) is 14.5. The molecular formula is C27H26N2O5S. The molecule has 2 amide bonds. The normalized spacial score (nSPS) is 14.5. The van der Waals surface area contributed by atoms with Crippen LogP contribution in [0.15, 0.2) is 54.6 Å². The zero-order chi connectivity index (χ0) is 24.4. The van der Waals surface area contributed by atoms with Crippen molar-refractivity contribution in [3.63, 3.8) is 0 Å². The van der Waals surface area contributed by atoms with Gasteiger partial charge in [0.1, 0.15) is 12.6 Å². The van der Waals surface area contributed by atoms with E-state index in [1.807, 2.05) is 48.5 Å². The van der Waals surface area contributed by atoms with E-state index in [1.165, 1.54) is 16.9 Å². The van der Waals surface area contributed by atoms with Gasteiger partial charge in [0.2, 0.25) is 5.91 Å². The number of ether oxygens (including phenoxy) is 1. The first-order chi connectivity index (χ1) is 17.0. The Bertz CT molecular complexity index is 1220. The number of carbonyl (C=O) groups is 3. The molecular weight excluding hydrogens is 464 g/mol. The number of carboxylic acid groups (broad SMARTS) is 1. The van der Waals surface area contributed by atoms with E-state index < -0.39 is 30.4 Å². The van der Waals surface area contributed by atoms with Gasteiger partial charge in [-0.3, -0.25) is 9.59 Å². The van der Waals surface area contributed by atoms with Crippen molar-refractivity contribution in [3.8, 4) is 11.1 Å². The minimum atomic E-state index is -1.23. The van der Waals surface area contributed by atoms with Crippen molar-refractivity contribution in [1.29, 1.82) is 0 Å². The SMILES string of the molecule is O=C(O)CC(NC(=O)OCC1c2ccccc2-c2ccccc21)C(=O)NCc1cc2c(s1)CCC2. The summed E-state index contributed by atoms with van der Waals surface area (Å²) in [4.78, 5) is 39.0. The molecule has 0 spiro atoms. The molecule has 8 heteroatoms. The molecule has 0 aliphatic heterocycles. The molecule has 1 heterocycles. The molecule has 3 N–H and O–H groups in total. The van der Waals surface area contributed by atoms with Gasteiger partial charge in [-0.1, -0.05) is 48.5 Å². The average molecular weight is 491 g/mol. The number of benzene rings is 2. The highest BCUT2D eigenvalue weighted by atomic mass is 32.1. The van der Waals surface area contributed by atoms with Gasteiger partial charge in [-0.2, -0.15) is 0 Å². The van der Waals surface area contributed by atoms with Gasteiger partial charge in [0, 0.05) is 15.7 Å². The third-order valence-corrected chi connectivity index (χ3v) is 7.80. The smallest absolute Gasteiger partial charge is 0.407 e. The topological polar surface area (TPSA) is 105 Å². The summed E-state index contributed by atoms with van der Waals surface area (Å²) in [5.74, 6) is -1.85. The molecule has 0 bridgehead atoms. The van der Waals surface area contributed by atoms with Crippen LogP contribution >= 0.6 is 11.3 Å². The molecule has 5 rings (SSSR count). The van der Waals surface area contributed by atoms with Crippen LogP contribution in [0.1, 0.15) is 45.2 Å². The quantitative estimate of drug-likeness (QED) is 0.438. The molecule has 0 saturated carbocycles. The number of amides is 2. The van der Waals surface area contributed by atoms with Crippen molar-refractivity contribution in [3.05, 3.63) is 81.0 Å². The van der Waals surface area contributed by atoms with Crippen molar-refractivity contribution in [1.82, 2.24) is 10.6 Å². The van der Waals surface area contributed by atoms with Crippen LogP contribution in [0.4, 0.5) is 4.79 Å². The van der Waals surface area contributed by atoms with E-state index in [-0.39, 0.29) is 12.5 Å². The Labute approximate surface area is 207 Å². The fourth-order valence-corrected chi connectivity index (χ4v) is 6.14. The number of aliphatic carboxylic acids is 1. The molecule has 1 aromatic heterocycles. The summed E-state index contributed by atoms with van der Waals surface area (Å²) < 4.78 is 5.48. The van der Waals surface area contributed by atoms with Gasteiger partial charge in [0.05, 0.1) is 13.0 Å². The van der Waals surface area contributed by atoms with Crippen LogP contribution in [0.25, 0.3) is 11.1 Å². The van der Waals surface area contributed by atoms with E-state index >= 15 is 0 Å². The summed E-state index contributed by atoms with van der Waals surface area (Å²) >= 11 is 1.67. The molecule has 0 saturated heterocycles. The molecule has 2 aliphatic rings. The van der Waals surface area contributed by atoms with E-state index in [1.54, 1.807) is 11.3 Å². The third kappa shape index (κ3) is 4.93. The lowest BCUT2D eigenvalue weighted by atomic mass is 9.98. The predicted molar refractivity (Wildman–Crippen MR) is 132 cm³/mol. The van der Waals surface area contributed by atoms with Crippen LogP contribution in [-0.2, 0) is 33.7 Å². The highest BCUT2D eigenvalue weighted by Gasteiger charge is 2.30. The van der Waals surface area contributed by atoms with Gasteiger partial charge in [-0.25, -0.2) is 4.79 Å². The molecule has 0 radical (unpaired) electrons. The maximum Gasteiger partial charge on any atom is 0.407 e. The second kappa shape index (κ2) is 9.92. The van der Waals surface area contributed by atoms with Crippen molar-refractivity contribution >= 4 is 29.3 Å². The highest BCUT2D eigenvalue weighted by molar-refractivity contribution is 7.12. The number of thiophene rings is 1. The molecule has 2 aliphatic carbocycles. The minimum absolute atomic E-state index is 0.0853. The first-order valence-corrected chi connectivity index (χ1v) is 12.5. The van der Waals surface area contributed by atoms with Gasteiger partial charge in [0.25, 0.3) is 0 Å². The van der Waals surface area contributed by atoms with E-state index in [0.29, 0.717) is 6.54 Å². The van der Waals surface area contributed by atoms with E-state index in [2.05, 4.69) is 16.7 Å². The number of carboxylic acids is 1. The van der Waals surface area contributed by atoms with Gasteiger partial charge in [-0.05, 0) is 53.1 Å². The van der Waals surface area contributed by atoms with Crippen molar-refractivity contribution in [2.45, 2.75) is 44.2 Å². The summed E-state index contributed by atoms with van der Waals surface area (Å²) in [6.07, 6.45) is 1.95. The van der Waals surface area contributed by atoms with Crippen LogP contribution < -0.4 is 10.6 Å². The summed E-state index contributed by atoms with van der Waals surface area (Å²) in [5.41, 5.74) is 5.70. The van der Waals surface area contributed by atoms with Gasteiger partial charge in [-0.15, -0.1) is 11.3 Å². The number of rotatable bonds is 8. The molecule has 0 fully saturated rings. The summed E-state index contributed by atoms with van der Waals surface area (Å²) in [7, 11) is 0. The summed E-state index contributed by atoms with van der Waals surface area (Å²) in [6, 6.07) is 16.8. The first kappa shape index (κ1) is 23.1. The van der Waals surface area contributed by atoms with Crippen molar-refractivity contribution in [2.75, 3.05) is 6.61 Å². The van der Waals surface area contributed by atoms with Crippen LogP contribution in [0, 0.1) is 0 Å². The Kier molecular flexibility index (Phi) is 6.55. The molecule has 180 valence electrons. The van der Waals surface area contributed by atoms with Crippen LogP contribution in [0.3, 0.4) is 0 Å². The van der Waals surface area contributed by atoms with Crippen molar-refractivity contribution < 1.29 is 24.2 Å². The second-order valence-corrected chi connectivity index (χ2v) is 10.1. The van der Waals surface area contributed by atoms with Crippen molar-refractivity contribution in [2.24, 2.45) is 0 Å². The number of aryl methyl sites for hydroxylation is 2. The monoisotopic (exact) mass is 490 g/mol. The average Bonchev–Trinajstić information content (AvgIpc) is 3.53. The molecule has 35 heavy (non-hydrogen) atoms. The molecule has 7 nitrogen and oxygen atoms in total. The predicted octanol–water partition coefficient (Wildman–Crippen LogP) is 4.24. The number of alkyl carbamates (subject to hydrolysis) is 1. The number of carbonyl (C=O) groups excluding carboxylic acids is 2. The minimum Gasteiger partial charge on any atom is -0.481 e. The lowest BCUT2D eigenvalue weighted by molar-refractivity contribution is -0.139. The van der Waals surface area contributed by atoms with Gasteiger partial charge >= 0.3 is 12.1 Å². The number of nitrogens with one attached hydrogen (secondary N) is 2. The van der Waals surface area contributed by atoms with E-state index in [9.17, 15) is 19.5 Å². The Morgan fingerprint density at radius 1 is 1.03 bits per heavy atom. The van der Waals surface area contributed by atoms with Crippen LogP contribution in [-0.4, -0.2) is 35.7 Å². The Hall–Kier alpha value is -3.65. The maximum absolute atomic E-state index is 12.7. The fraction of sp³-hybridized carbons (Fsp3) is 0.296. The highest BCUT2D eigenvalue weighted by Crippen LogP contribution is 2.44. The Morgan fingerprint density at radius 2 is 1.71 bits per heavy atom. The lowest BCUT2D eigenvalue weighted by Gasteiger charge is -2.18. The largest absolute Gasteiger partial charge is 0.481 e. The Balaban J connectivity index is 1.20. The number of hydrogen-bond acceptors (Lipinski definition) is 5. The maximum atomic E-state index is 12.7. The van der Waals surface area contributed by atoms with Gasteiger partial charge < -0.3 is 20.5 Å². The molecule has 1 atom stereocenters. The van der Waals surface area contributed by atoms with Gasteiger partial charge in [0.15, 0.2) is 0 Å². The van der Waals surface area contributed by atoms with Crippen LogP contribution in [0.5, 0.6) is 0 Å². The van der Waals surface area contributed by atoms with Crippen LogP contribution in [0.2, 0.25) is 0 Å². The first-order valence-electron chi connectivity index (χ1n) is 11.7.